The second kappa shape index (κ2) is 6.68. The van der Waals surface area contributed by atoms with Gasteiger partial charge in [-0.1, -0.05) is 25.0 Å². The Morgan fingerprint density at radius 3 is 2.75 bits per heavy atom. The largest absolute Gasteiger partial charge is 0.309 e. The van der Waals surface area contributed by atoms with Gasteiger partial charge < -0.3 is 10.2 Å². The monoisotopic (exact) mass is 276 g/mol. The van der Waals surface area contributed by atoms with Crippen molar-refractivity contribution >= 4 is 0 Å². The molecule has 1 N–H and O–H groups in total. The van der Waals surface area contributed by atoms with Crippen LogP contribution in [0.2, 0.25) is 0 Å². The average molecular weight is 276 g/mol. The second-order valence-corrected chi connectivity index (χ2v) is 6.11. The number of likely N-dealkylation sites (tertiary alicyclic amines) is 1. The van der Waals surface area contributed by atoms with Crippen molar-refractivity contribution in [1.82, 2.24) is 10.2 Å². The first-order valence-electron chi connectivity index (χ1n) is 8.07. The highest BCUT2D eigenvalue weighted by Gasteiger charge is 2.24. The summed E-state index contributed by atoms with van der Waals surface area (Å²) in [5, 5.41) is 3.62. The third-order valence-corrected chi connectivity index (χ3v) is 4.73. The van der Waals surface area contributed by atoms with Gasteiger partial charge in [-0.25, -0.2) is 4.39 Å². The Labute approximate surface area is 121 Å². The van der Waals surface area contributed by atoms with Gasteiger partial charge in [-0.3, -0.25) is 0 Å². The van der Waals surface area contributed by atoms with Gasteiger partial charge in [0.15, 0.2) is 0 Å². The van der Waals surface area contributed by atoms with Gasteiger partial charge in [0.2, 0.25) is 0 Å². The molecule has 1 atom stereocenters. The number of nitrogens with one attached hydrogen (secondary N) is 1. The van der Waals surface area contributed by atoms with E-state index in [9.17, 15) is 4.39 Å². The highest BCUT2D eigenvalue weighted by molar-refractivity contribution is 5.35. The van der Waals surface area contributed by atoms with E-state index in [-0.39, 0.29) is 5.82 Å². The van der Waals surface area contributed by atoms with E-state index in [1.54, 1.807) is 6.07 Å². The predicted octanol–water partition coefficient (Wildman–Crippen LogP) is 3.28. The van der Waals surface area contributed by atoms with Crippen LogP contribution in [0.5, 0.6) is 0 Å². The van der Waals surface area contributed by atoms with Gasteiger partial charge >= 0.3 is 0 Å². The number of hydrogen-bond acceptors (Lipinski definition) is 2. The van der Waals surface area contributed by atoms with E-state index < -0.39 is 0 Å². The lowest BCUT2D eigenvalue weighted by Gasteiger charge is -2.21. The quantitative estimate of drug-likeness (QED) is 0.908. The van der Waals surface area contributed by atoms with E-state index in [0.29, 0.717) is 6.04 Å². The lowest BCUT2D eigenvalue weighted by atomic mass is 10.1. The third kappa shape index (κ3) is 3.21. The fourth-order valence-electron chi connectivity index (χ4n) is 3.58. The van der Waals surface area contributed by atoms with Crippen molar-refractivity contribution in [1.29, 1.82) is 0 Å². The summed E-state index contributed by atoms with van der Waals surface area (Å²) in [6, 6.07) is 5.85. The van der Waals surface area contributed by atoms with Crippen LogP contribution >= 0.6 is 0 Å². The molecule has 110 valence electrons. The molecule has 1 aliphatic heterocycles. The van der Waals surface area contributed by atoms with Crippen LogP contribution < -0.4 is 5.32 Å². The first kappa shape index (κ1) is 14.0. The number of rotatable bonds is 4. The Morgan fingerprint density at radius 1 is 1.15 bits per heavy atom. The van der Waals surface area contributed by atoms with Gasteiger partial charge in [0.1, 0.15) is 5.82 Å². The van der Waals surface area contributed by atoms with Gasteiger partial charge in [-0.2, -0.15) is 0 Å². The van der Waals surface area contributed by atoms with E-state index in [0.717, 1.165) is 31.5 Å². The molecule has 0 bridgehead atoms. The van der Waals surface area contributed by atoms with Crippen molar-refractivity contribution in [2.75, 3.05) is 26.2 Å². The number of benzene rings is 1. The minimum Gasteiger partial charge on any atom is -0.309 e. The van der Waals surface area contributed by atoms with Crippen molar-refractivity contribution in [3.63, 3.8) is 0 Å². The van der Waals surface area contributed by atoms with Gasteiger partial charge in [0.05, 0.1) is 0 Å². The van der Waals surface area contributed by atoms with E-state index >= 15 is 0 Å². The Balaban J connectivity index is 1.49. The molecule has 0 amide bonds. The topological polar surface area (TPSA) is 15.3 Å². The normalized spacial score (nSPS) is 23.6. The minimum absolute atomic E-state index is 0.0284. The second-order valence-electron chi connectivity index (χ2n) is 6.11. The highest BCUT2D eigenvalue weighted by atomic mass is 19.1. The summed E-state index contributed by atoms with van der Waals surface area (Å²) in [6.45, 7) is 4.64. The molecule has 1 saturated heterocycles. The average Bonchev–Trinajstić information content (AvgIpc) is 2.70. The molecule has 1 unspecified atom stereocenters. The molecule has 2 nitrogen and oxygen atoms in total. The molecule has 3 heteroatoms. The van der Waals surface area contributed by atoms with Crippen molar-refractivity contribution in [2.24, 2.45) is 0 Å². The van der Waals surface area contributed by atoms with Crippen LogP contribution in [0.3, 0.4) is 0 Å². The molecule has 0 spiro atoms. The number of hydrogen-bond donors (Lipinski definition) is 1. The maximum absolute atomic E-state index is 13.7. The molecule has 2 aliphatic rings. The van der Waals surface area contributed by atoms with Crippen LogP contribution in [-0.4, -0.2) is 31.1 Å². The van der Waals surface area contributed by atoms with E-state index in [4.69, 9.17) is 0 Å². The van der Waals surface area contributed by atoms with E-state index in [1.807, 2.05) is 6.07 Å². The van der Waals surface area contributed by atoms with Crippen LogP contribution in [-0.2, 0) is 6.42 Å². The zero-order valence-corrected chi connectivity index (χ0v) is 12.2. The molecule has 1 aromatic rings. The number of nitrogens with zero attached hydrogens (tertiary/aromatic N) is 1. The van der Waals surface area contributed by atoms with Crippen molar-refractivity contribution in [3.05, 3.63) is 35.1 Å². The van der Waals surface area contributed by atoms with Crippen LogP contribution in [0, 0.1) is 5.82 Å². The van der Waals surface area contributed by atoms with Crippen LogP contribution in [0.4, 0.5) is 4.39 Å². The summed E-state index contributed by atoms with van der Waals surface area (Å²) in [5.41, 5.74) is 2.11. The molecule has 1 heterocycles. The molecule has 1 fully saturated rings. The smallest absolute Gasteiger partial charge is 0.126 e. The van der Waals surface area contributed by atoms with Gasteiger partial charge in [0, 0.05) is 19.1 Å². The first-order chi connectivity index (χ1) is 9.84. The maximum atomic E-state index is 13.7. The summed E-state index contributed by atoms with van der Waals surface area (Å²) in [5.74, 6) is -0.0284. The standard InChI is InChI=1S/C17H25FN2/c18-16-7-5-6-15-14(16)8-9-17(15)19-10-13-20-11-3-1-2-4-12-20/h5-7,17,19H,1-4,8-13H2. The summed E-state index contributed by atoms with van der Waals surface area (Å²) < 4.78 is 13.7. The molecule has 0 aromatic heterocycles. The van der Waals surface area contributed by atoms with E-state index in [1.165, 1.54) is 44.3 Å². The fraction of sp³-hybridized carbons (Fsp3) is 0.647. The van der Waals surface area contributed by atoms with Gasteiger partial charge in [0.25, 0.3) is 0 Å². The van der Waals surface area contributed by atoms with Crippen molar-refractivity contribution in [2.45, 2.75) is 44.6 Å². The summed E-state index contributed by atoms with van der Waals surface area (Å²) >= 11 is 0. The first-order valence-corrected chi connectivity index (χ1v) is 8.07. The molecule has 0 saturated carbocycles. The van der Waals surface area contributed by atoms with E-state index in [2.05, 4.69) is 16.3 Å². The third-order valence-electron chi connectivity index (χ3n) is 4.73. The molecule has 0 radical (unpaired) electrons. The summed E-state index contributed by atoms with van der Waals surface area (Å²) in [6.07, 6.45) is 7.38. The Kier molecular flexibility index (Phi) is 4.69. The zero-order valence-electron chi connectivity index (χ0n) is 12.2. The number of fused-ring (bicyclic) bond motifs is 1. The summed E-state index contributed by atoms with van der Waals surface area (Å²) in [4.78, 5) is 2.57. The molecular weight excluding hydrogens is 251 g/mol. The fourth-order valence-corrected chi connectivity index (χ4v) is 3.58. The zero-order chi connectivity index (χ0) is 13.8. The Hall–Kier alpha value is -0.930. The Morgan fingerprint density at radius 2 is 1.95 bits per heavy atom. The lowest BCUT2D eigenvalue weighted by molar-refractivity contribution is 0.279. The maximum Gasteiger partial charge on any atom is 0.126 e. The van der Waals surface area contributed by atoms with Crippen molar-refractivity contribution < 1.29 is 4.39 Å². The van der Waals surface area contributed by atoms with Crippen LogP contribution in [0.1, 0.15) is 49.3 Å². The lowest BCUT2D eigenvalue weighted by Crippen LogP contribution is -2.34. The molecule has 1 aliphatic carbocycles. The SMILES string of the molecule is Fc1cccc2c1CCC2NCCN1CCCCCC1. The van der Waals surface area contributed by atoms with Crippen molar-refractivity contribution in [3.8, 4) is 0 Å². The predicted molar refractivity (Wildman–Crippen MR) is 80.4 cm³/mol. The van der Waals surface area contributed by atoms with Gasteiger partial charge in [-0.05, 0) is 56.0 Å². The van der Waals surface area contributed by atoms with Crippen LogP contribution in [0.15, 0.2) is 18.2 Å². The molecule has 1 aromatic carbocycles. The molecule has 20 heavy (non-hydrogen) atoms. The highest BCUT2D eigenvalue weighted by Crippen LogP contribution is 2.32. The van der Waals surface area contributed by atoms with Crippen LogP contribution in [0.25, 0.3) is 0 Å². The molecular formula is C17H25FN2. The summed E-state index contributed by atoms with van der Waals surface area (Å²) in [7, 11) is 0. The Bertz CT molecular complexity index is 439. The minimum atomic E-state index is -0.0284. The molecule has 3 rings (SSSR count). The van der Waals surface area contributed by atoms with Gasteiger partial charge in [-0.15, -0.1) is 0 Å². The number of halogens is 1.